The molecule has 2 nitrogen and oxygen atoms in total. The molecule has 0 spiro atoms. The van der Waals surface area contributed by atoms with E-state index in [9.17, 15) is 0 Å². The molecule has 2 N–H and O–H groups in total. The Morgan fingerprint density at radius 1 is 0.947 bits per heavy atom. The predicted octanol–water partition coefficient (Wildman–Crippen LogP) is 2.50. The van der Waals surface area contributed by atoms with Gasteiger partial charge in [0.05, 0.1) is 11.1 Å². The van der Waals surface area contributed by atoms with Gasteiger partial charge in [-0.3, -0.25) is 0 Å². The van der Waals surface area contributed by atoms with Gasteiger partial charge in [-0.2, -0.15) is 0 Å². The lowest BCUT2D eigenvalue weighted by molar-refractivity contribution is -0.342. The summed E-state index contributed by atoms with van der Waals surface area (Å²) in [6, 6.07) is 16.7. The Hall–Kier alpha value is -2.61. The van der Waals surface area contributed by atoms with Crippen molar-refractivity contribution in [1.29, 1.82) is 0 Å². The Balaban J connectivity index is 1.88. The first-order valence-electron chi connectivity index (χ1n) is 6.39. The van der Waals surface area contributed by atoms with Crippen molar-refractivity contribution in [3.05, 3.63) is 65.9 Å². The summed E-state index contributed by atoms with van der Waals surface area (Å²) in [5.74, 6) is 0. The number of allylic oxidation sites excluding steroid dienone is 1. The molecular formula is C17H13N2+. The van der Waals surface area contributed by atoms with Crippen LogP contribution in [0.25, 0.3) is 22.6 Å². The van der Waals surface area contributed by atoms with Crippen molar-refractivity contribution in [2.24, 2.45) is 0 Å². The Labute approximate surface area is 111 Å². The van der Waals surface area contributed by atoms with E-state index in [4.69, 9.17) is 0 Å². The smallest absolute Gasteiger partial charge is 0.211 e. The minimum atomic E-state index is 1.17. The van der Waals surface area contributed by atoms with Crippen molar-refractivity contribution in [1.82, 2.24) is 4.98 Å². The van der Waals surface area contributed by atoms with Crippen LogP contribution in [0.5, 0.6) is 0 Å². The monoisotopic (exact) mass is 245 g/mol. The molecule has 4 rings (SSSR count). The zero-order valence-electron chi connectivity index (χ0n) is 10.4. The standard InChI is InChI=1S/C17H12N2/c1-3-7-16-14(5-1)12(10-18-16)9-13-11-19-17-8-4-2-6-15(13)17/h1-11,18H/p+1/b13-9-. The molecule has 0 saturated carbocycles. The van der Waals surface area contributed by atoms with E-state index in [0.717, 1.165) is 0 Å². The molecule has 0 bridgehead atoms. The summed E-state index contributed by atoms with van der Waals surface area (Å²) in [5.41, 5.74) is 6.05. The van der Waals surface area contributed by atoms with Crippen molar-refractivity contribution < 1.29 is 4.99 Å². The minimum Gasteiger partial charge on any atom is -0.361 e. The van der Waals surface area contributed by atoms with Crippen molar-refractivity contribution in [2.45, 2.75) is 0 Å². The molecule has 19 heavy (non-hydrogen) atoms. The van der Waals surface area contributed by atoms with Crippen LogP contribution in [0, 0.1) is 0 Å². The van der Waals surface area contributed by atoms with Crippen molar-refractivity contribution in [3.8, 4) is 0 Å². The Morgan fingerprint density at radius 3 is 2.79 bits per heavy atom. The van der Waals surface area contributed by atoms with Gasteiger partial charge in [-0.25, -0.2) is 4.99 Å². The normalized spacial score (nSPS) is 15.3. The third-order valence-electron chi connectivity index (χ3n) is 3.55. The zero-order chi connectivity index (χ0) is 12.7. The maximum atomic E-state index is 3.31. The highest BCUT2D eigenvalue weighted by molar-refractivity contribution is 6.18. The predicted molar refractivity (Wildman–Crippen MR) is 79.3 cm³/mol. The third-order valence-corrected chi connectivity index (χ3v) is 3.55. The Kier molecular flexibility index (Phi) is 2.15. The fourth-order valence-corrected chi connectivity index (χ4v) is 2.59. The van der Waals surface area contributed by atoms with E-state index in [0.29, 0.717) is 0 Å². The summed E-state index contributed by atoms with van der Waals surface area (Å²) >= 11 is 0. The van der Waals surface area contributed by atoms with E-state index < -0.39 is 0 Å². The third kappa shape index (κ3) is 1.61. The van der Waals surface area contributed by atoms with Crippen LogP contribution in [0.2, 0.25) is 0 Å². The molecule has 0 aliphatic carbocycles. The first kappa shape index (κ1) is 10.3. The van der Waals surface area contributed by atoms with Gasteiger partial charge >= 0.3 is 0 Å². The number of hydrogen-bond acceptors (Lipinski definition) is 0. The summed E-state index contributed by atoms with van der Waals surface area (Å²) in [7, 11) is 0. The number of aromatic nitrogens is 1. The van der Waals surface area contributed by atoms with Crippen LogP contribution in [0.1, 0.15) is 11.1 Å². The number of nitrogens with one attached hydrogen (secondary N) is 2. The van der Waals surface area contributed by atoms with Gasteiger partial charge in [-0.15, -0.1) is 0 Å². The molecule has 2 heterocycles. The SMILES string of the molecule is C1=[NH+]c2ccccc2/C1=C\c1c[nH]c2ccccc12. The lowest BCUT2D eigenvalue weighted by Crippen LogP contribution is -2.58. The van der Waals surface area contributed by atoms with Crippen molar-refractivity contribution in [3.63, 3.8) is 0 Å². The van der Waals surface area contributed by atoms with Gasteiger partial charge in [0.15, 0.2) is 6.21 Å². The average molecular weight is 245 g/mol. The van der Waals surface area contributed by atoms with E-state index >= 15 is 0 Å². The molecule has 1 aliphatic rings. The quantitative estimate of drug-likeness (QED) is 0.660. The van der Waals surface area contributed by atoms with E-state index in [-0.39, 0.29) is 0 Å². The Bertz CT molecular complexity index is 822. The first-order valence-corrected chi connectivity index (χ1v) is 6.39. The lowest BCUT2D eigenvalue weighted by atomic mass is 10.0. The summed E-state index contributed by atoms with van der Waals surface area (Å²) in [6.45, 7) is 0. The molecule has 0 atom stereocenters. The number of benzene rings is 2. The highest BCUT2D eigenvalue weighted by Crippen LogP contribution is 2.26. The van der Waals surface area contributed by atoms with Crippen molar-refractivity contribution in [2.75, 3.05) is 0 Å². The molecule has 90 valence electrons. The molecule has 0 saturated heterocycles. The molecular weight excluding hydrogens is 232 g/mol. The second-order valence-electron chi connectivity index (χ2n) is 4.72. The topological polar surface area (TPSA) is 29.8 Å². The summed E-state index contributed by atoms with van der Waals surface area (Å²) in [6.07, 6.45) is 6.34. The average Bonchev–Trinajstić information content (AvgIpc) is 3.05. The van der Waals surface area contributed by atoms with E-state index in [1.807, 2.05) is 12.1 Å². The number of para-hydroxylation sites is 2. The molecule has 1 aliphatic heterocycles. The van der Waals surface area contributed by atoms with Gasteiger partial charge in [0, 0.05) is 28.7 Å². The van der Waals surface area contributed by atoms with Crippen LogP contribution in [0.3, 0.4) is 0 Å². The number of fused-ring (bicyclic) bond motifs is 2. The molecule has 0 amide bonds. The largest absolute Gasteiger partial charge is 0.361 e. The molecule has 0 radical (unpaired) electrons. The Morgan fingerprint density at radius 2 is 1.79 bits per heavy atom. The summed E-state index contributed by atoms with van der Waals surface area (Å²) < 4.78 is 0. The van der Waals surface area contributed by atoms with E-state index in [1.54, 1.807) is 0 Å². The van der Waals surface area contributed by atoms with Crippen LogP contribution in [-0.4, -0.2) is 11.2 Å². The van der Waals surface area contributed by atoms with Gasteiger partial charge < -0.3 is 4.98 Å². The highest BCUT2D eigenvalue weighted by atomic mass is 14.8. The molecule has 0 unspecified atom stereocenters. The van der Waals surface area contributed by atoms with Crippen molar-refractivity contribution >= 4 is 34.5 Å². The maximum Gasteiger partial charge on any atom is 0.211 e. The molecule has 2 aromatic carbocycles. The number of aromatic amines is 1. The van der Waals surface area contributed by atoms with Gasteiger partial charge in [0.2, 0.25) is 5.69 Å². The highest BCUT2D eigenvalue weighted by Gasteiger charge is 2.17. The summed E-state index contributed by atoms with van der Waals surface area (Å²) in [5, 5.41) is 1.26. The van der Waals surface area contributed by atoms with Crippen LogP contribution in [0.4, 0.5) is 5.69 Å². The molecule has 0 fully saturated rings. The summed E-state index contributed by atoms with van der Waals surface area (Å²) in [4.78, 5) is 6.61. The number of hydrogen-bond donors (Lipinski definition) is 2. The van der Waals surface area contributed by atoms with Gasteiger partial charge in [-0.1, -0.05) is 30.3 Å². The maximum absolute atomic E-state index is 3.31. The van der Waals surface area contributed by atoms with E-state index in [1.165, 1.54) is 33.3 Å². The second-order valence-corrected chi connectivity index (χ2v) is 4.72. The van der Waals surface area contributed by atoms with Crippen LogP contribution < -0.4 is 4.99 Å². The zero-order valence-corrected chi connectivity index (χ0v) is 10.4. The van der Waals surface area contributed by atoms with Crippen LogP contribution in [-0.2, 0) is 0 Å². The van der Waals surface area contributed by atoms with Gasteiger partial charge in [0.1, 0.15) is 0 Å². The fraction of sp³-hybridized carbons (Fsp3) is 0. The first-order chi connectivity index (χ1) is 9.42. The van der Waals surface area contributed by atoms with Crippen LogP contribution in [0.15, 0.2) is 54.7 Å². The van der Waals surface area contributed by atoms with Crippen LogP contribution >= 0.6 is 0 Å². The molecule has 3 aromatic rings. The number of rotatable bonds is 1. The van der Waals surface area contributed by atoms with E-state index in [2.05, 4.69) is 64.9 Å². The lowest BCUT2D eigenvalue weighted by Gasteiger charge is -1.95. The molecule has 1 aromatic heterocycles. The van der Waals surface area contributed by atoms with Gasteiger partial charge in [-0.05, 0) is 18.2 Å². The minimum absolute atomic E-state index is 1.17. The fourth-order valence-electron chi connectivity index (χ4n) is 2.59. The van der Waals surface area contributed by atoms with Gasteiger partial charge in [0.25, 0.3) is 0 Å². The second kappa shape index (κ2) is 3.95. The number of H-pyrrole nitrogens is 1. The molecule has 2 heteroatoms.